The zero-order chi connectivity index (χ0) is 22.0. The maximum absolute atomic E-state index is 12.3. The van der Waals surface area contributed by atoms with Gasteiger partial charge < -0.3 is 9.15 Å². The normalized spacial score (nSPS) is 11.7. The molecule has 2 heterocycles. The summed E-state index contributed by atoms with van der Waals surface area (Å²) in [7, 11) is -0.541. The van der Waals surface area contributed by atoms with Crippen molar-refractivity contribution in [1.29, 1.82) is 0 Å². The lowest BCUT2D eigenvalue weighted by Gasteiger charge is -2.10. The summed E-state index contributed by atoms with van der Waals surface area (Å²) in [5, 5.41) is 5.72. The Morgan fingerprint density at radius 2 is 1.94 bits per heavy atom. The van der Waals surface area contributed by atoms with Crippen molar-refractivity contribution in [2.75, 3.05) is 19.4 Å². The molecule has 4 rings (SSSR count). The monoisotopic (exact) mass is 457 g/mol. The highest BCUT2D eigenvalue weighted by Gasteiger charge is 2.18. The number of anilines is 1. The number of hydrogen-bond acceptors (Lipinski definition) is 7. The van der Waals surface area contributed by atoms with Crippen LogP contribution in [0.1, 0.15) is 16.1 Å². The number of fused-ring (bicyclic) bond motifs is 1. The summed E-state index contributed by atoms with van der Waals surface area (Å²) in [6.07, 6.45) is 1.62. The molecule has 160 valence electrons. The lowest BCUT2D eigenvalue weighted by atomic mass is 10.2. The van der Waals surface area contributed by atoms with Gasteiger partial charge in [-0.15, -0.1) is 11.3 Å². The van der Waals surface area contributed by atoms with Gasteiger partial charge in [-0.3, -0.25) is 10.1 Å². The van der Waals surface area contributed by atoms with Gasteiger partial charge in [0.2, 0.25) is 10.0 Å². The highest BCUT2D eigenvalue weighted by atomic mass is 32.2. The highest BCUT2D eigenvalue weighted by molar-refractivity contribution is 7.89. The van der Waals surface area contributed by atoms with Crippen molar-refractivity contribution in [1.82, 2.24) is 9.29 Å². The standard InChI is InChI=1S/C21H19N3O5S2/c1-24(2)31(26,27)18-7-8-19-15(12-18)11-17(29-19)13-28-16-5-3-14(4-6-16)20(25)23-21-22-9-10-30-21/h3-12H,13H2,1-2H3,(H,22,23,25). The summed E-state index contributed by atoms with van der Waals surface area (Å²) < 4.78 is 37.2. The van der Waals surface area contributed by atoms with E-state index in [-0.39, 0.29) is 17.4 Å². The first-order valence-corrected chi connectivity index (χ1v) is 11.5. The first kappa shape index (κ1) is 21.0. The Morgan fingerprint density at radius 1 is 1.16 bits per heavy atom. The van der Waals surface area contributed by atoms with Crippen LogP contribution in [0.3, 0.4) is 0 Å². The summed E-state index contributed by atoms with van der Waals surface area (Å²) >= 11 is 1.35. The summed E-state index contributed by atoms with van der Waals surface area (Å²) in [5.74, 6) is 0.879. The number of ether oxygens (including phenoxy) is 1. The first-order valence-electron chi connectivity index (χ1n) is 9.21. The van der Waals surface area contributed by atoms with E-state index < -0.39 is 10.0 Å². The topological polar surface area (TPSA) is 102 Å². The number of amides is 1. The second-order valence-electron chi connectivity index (χ2n) is 6.80. The number of benzene rings is 2. The second-order valence-corrected chi connectivity index (χ2v) is 9.85. The number of nitrogens with one attached hydrogen (secondary N) is 1. The fourth-order valence-electron chi connectivity index (χ4n) is 2.83. The minimum Gasteiger partial charge on any atom is -0.486 e. The number of carbonyl (C=O) groups excluding carboxylic acids is 1. The number of hydrogen-bond donors (Lipinski definition) is 1. The minimum atomic E-state index is -3.52. The summed E-state index contributed by atoms with van der Waals surface area (Å²) in [5.41, 5.74) is 1.06. The molecule has 8 nitrogen and oxygen atoms in total. The van der Waals surface area contributed by atoms with Crippen LogP contribution < -0.4 is 10.1 Å². The Labute approximate surface area is 183 Å². The van der Waals surface area contributed by atoms with E-state index in [4.69, 9.17) is 9.15 Å². The molecule has 0 spiro atoms. The summed E-state index contributed by atoms with van der Waals surface area (Å²) in [6, 6.07) is 13.2. The molecule has 1 amide bonds. The number of aromatic nitrogens is 1. The molecule has 0 saturated heterocycles. The Kier molecular flexibility index (Phi) is 5.77. The smallest absolute Gasteiger partial charge is 0.257 e. The lowest BCUT2D eigenvalue weighted by molar-refractivity contribution is 0.102. The Hall–Kier alpha value is -3.21. The van der Waals surface area contributed by atoms with Crippen molar-refractivity contribution in [3.63, 3.8) is 0 Å². The van der Waals surface area contributed by atoms with Crippen LogP contribution in [0, 0.1) is 0 Å². The van der Waals surface area contributed by atoms with Crippen molar-refractivity contribution in [3.05, 3.63) is 71.4 Å². The van der Waals surface area contributed by atoms with Crippen LogP contribution in [0.4, 0.5) is 5.13 Å². The van der Waals surface area contributed by atoms with Crippen molar-refractivity contribution in [2.45, 2.75) is 11.5 Å². The molecule has 0 aliphatic rings. The van der Waals surface area contributed by atoms with Crippen molar-refractivity contribution in [3.8, 4) is 5.75 Å². The van der Waals surface area contributed by atoms with Crippen LogP contribution in [0.15, 0.2) is 69.4 Å². The average Bonchev–Trinajstić information content (AvgIpc) is 3.41. The zero-order valence-electron chi connectivity index (χ0n) is 16.7. The fraction of sp³-hybridized carbons (Fsp3) is 0.143. The van der Waals surface area contributed by atoms with E-state index in [9.17, 15) is 13.2 Å². The SMILES string of the molecule is CN(C)S(=O)(=O)c1ccc2oc(COc3ccc(C(=O)Nc4nccs4)cc3)cc2c1. The Bertz CT molecular complexity index is 1310. The van der Waals surface area contributed by atoms with Crippen LogP contribution in [-0.4, -0.2) is 37.7 Å². The molecule has 0 fully saturated rings. The van der Waals surface area contributed by atoms with Gasteiger partial charge in [0.1, 0.15) is 23.7 Å². The molecule has 0 atom stereocenters. The molecule has 0 saturated carbocycles. The third-order valence-electron chi connectivity index (χ3n) is 4.47. The quantitative estimate of drug-likeness (QED) is 0.451. The molecule has 0 radical (unpaired) electrons. The molecule has 0 aliphatic carbocycles. The maximum atomic E-state index is 12.3. The molecule has 0 aliphatic heterocycles. The molecule has 10 heteroatoms. The lowest BCUT2D eigenvalue weighted by Crippen LogP contribution is -2.22. The maximum Gasteiger partial charge on any atom is 0.257 e. The number of furan rings is 1. The molecule has 2 aromatic heterocycles. The van der Waals surface area contributed by atoms with Crippen LogP contribution >= 0.6 is 11.3 Å². The number of sulfonamides is 1. The molecule has 0 unspecified atom stereocenters. The van der Waals surface area contributed by atoms with Gasteiger partial charge in [0.25, 0.3) is 5.91 Å². The highest BCUT2D eigenvalue weighted by Crippen LogP contribution is 2.25. The van der Waals surface area contributed by atoms with Gasteiger partial charge in [0.15, 0.2) is 5.13 Å². The summed E-state index contributed by atoms with van der Waals surface area (Å²) in [4.78, 5) is 16.4. The predicted octanol–water partition coefficient (Wildman–Crippen LogP) is 3.97. The molecule has 1 N–H and O–H groups in total. The van der Waals surface area contributed by atoms with E-state index in [1.54, 1.807) is 54.0 Å². The van der Waals surface area contributed by atoms with Gasteiger partial charge in [-0.2, -0.15) is 0 Å². The number of thiazole rings is 1. The molecule has 31 heavy (non-hydrogen) atoms. The third kappa shape index (κ3) is 4.61. The fourth-order valence-corrected chi connectivity index (χ4v) is 4.29. The van der Waals surface area contributed by atoms with Gasteiger partial charge in [-0.1, -0.05) is 0 Å². The zero-order valence-corrected chi connectivity index (χ0v) is 18.4. The average molecular weight is 458 g/mol. The third-order valence-corrected chi connectivity index (χ3v) is 6.97. The minimum absolute atomic E-state index is 0.162. The second kappa shape index (κ2) is 8.50. The van der Waals surface area contributed by atoms with E-state index in [0.717, 1.165) is 0 Å². The first-order chi connectivity index (χ1) is 14.8. The molecule has 4 aromatic rings. The number of rotatable bonds is 7. The van der Waals surface area contributed by atoms with Gasteiger partial charge >= 0.3 is 0 Å². The van der Waals surface area contributed by atoms with Crippen molar-refractivity contribution < 1.29 is 22.4 Å². The Balaban J connectivity index is 1.42. The molecule has 0 bridgehead atoms. The van der Waals surface area contributed by atoms with Gasteiger partial charge in [-0.25, -0.2) is 17.7 Å². The van der Waals surface area contributed by atoms with Gasteiger partial charge in [0, 0.05) is 36.6 Å². The van der Waals surface area contributed by atoms with Gasteiger partial charge in [0.05, 0.1) is 4.90 Å². The van der Waals surface area contributed by atoms with E-state index in [1.165, 1.54) is 35.8 Å². The van der Waals surface area contributed by atoms with Crippen LogP contribution in [0.2, 0.25) is 0 Å². The largest absolute Gasteiger partial charge is 0.486 e. The van der Waals surface area contributed by atoms with E-state index >= 15 is 0 Å². The Morgan fingerprint density at radius 3 is 2.61 bits per heavy atom. The van der Waals surface area contributed by atoms with Crippen LogP contribution in [0.5, 0.6) is 5.75 Å². The van der Waals surface area contributed by atoms with E-state index in [0.29, 0.717) is 33.2 Å². The van der Waals surface area contributed by atoms with Gasteiger partial charge in [-0.05, 0) is 48.5 Å². The van der Waals surface area contributed by atoms with Crippen molar-refractivity contribution >= 4 is 43.4 Å². The van der Waals surface area contributed by atoms with Crippen LogP contribution in [-0.2, 0) is 16.6 Å². The molecular formula is C21H19N3O5S2. The van der Waals surface area contributed by atoms with Crippen LogP contribution in [0.25, 0.3) is 11.0 Å². The predicted molar refractivity (Wildman–Crippen MR) is 118 cm³/mol. The van der Waals surface area contributed by atoms with E-state index in [2.05, 4.69) is 10.3 Å². The van der Waals surface area contributed by atoms with E-state index in [1.807, 2.05) is 0 Å². The number of carbonyl (C=O) groups is 1. The molecular weight excluding hydrogens is 438 g/mol. The summed E-state index contributed by atoms with van der Waals surface area (Å²) in [6.45, 7) is 0.162. The van der Waals surface area contributed by atoms with Crippen molar-refractivity contribution in [2.24, 2.45) is 0 Å². The molecule has 2 aromatic carbocycles. The number of nitrogens with zero attached hydrogens (tertiary/aromatic N) is 2.